The normalized spacial score (nSPS) is 15.4. The van der Waals surface area contributed by atoms with E-state index in [-0.39, 0.29) is 29.6 Å². The van der Waals surface area contributed by atoms with Crippen molar-refractivity contribution in [2.45, 2.75) is 25.2 Å². The van der Waals surface area contributed by atoms with Gasteiger partial charge in [0.15, 0.2) is 0 Å². The van der Waals surface area contributed by atoms with Gasteiger partial charge in [0.25, 0.3) is 11.1 Å². The Labute approximate surface area is 152 Å². The van der Waals surface area contributed by atoms with Gasteiger partial charge >= 0.3 is 0 Å². The molecule has 0 radical (unpaired) electrons. The monoisotopic (exact) mass is 371 g/mol. The Morgan fingerprint density at radius 2 is 1.96 bits per heavy atom. The number of hydrogen-bond acceptors (Lipinski definition) is 4. The molecule has 0 saturated carbocycles. The molecule has 1 amide bonds. The third-order valence-corrected chi connectivity index (χ3v) is 4.93. The van der Waals surface area contributed by atoms with Gasteiger partial charge < -0.3 is 9.88 Å². The number of amides is 1. The summed E-state index contributed by atoms with van der Waals surface area (Å²) in [6, 6.07) is 5.59. The summed E-state index contributed by atoms with van der Waals surface area (Å²) < 4.78 is 13.3. The van der Waals surface area contributed by atoms with E-state index in [1.165, 1.54) is 12.1 Å². The van der Waals surface area contributed by atoms with Crippen molar-refractivity contribution in [3.05, 3.63) is 62.2 Å². The number of aromatic amines is 3. The third kappa shape index (κ3) is 3.53. The number of aromatic nitrogens is 4. The summed E-state index contributed by atoms with van der Waals surface area (Å²) in [4.78, 5) is 44.8. The van der Waals surface area contributed by atoms with Crippen LogP contribution < -0.4 is 11.1 Å². The van der Waals surface area contributed by atoms with E-state index in [0.717, 1.165) is 30.2 Å². The number of fused-ring (bicyclic) bond motifs is 1. The number of halogens is 1. The lowest BCUT2D eigenvalue weighted by atomic mass is 9.96. The highest BCUT2D eigenvalue weighted by molar-refractivity contribution is 5.79. The largest absolute Gasteiger partial charge is 0.342 e. The second-order valence-electron chi connectivity index (χ2n) is 6.73. The van der Waals surface area contributed by atoms with Crippen LogP contribution in [0.2, 0.25) is 0 Å². The van der Waals surface area contributed by atoms with Crippen LogP contribution in [0.4, 0.5) is 4.39 Å². The summed E-state index contributed by atoms with van der Waals surface area (Å²) in [6.45, 7) is 1.08. The first-order chi connectivity index (χ1) is 13.0. The Hall–Kier alpha value is -3.23. The topological polar surface area (TPSA) is 115 Å². The van der Waals surface area contributed by atoms with Crippen molar-refractivity contribution < 1.29 is 9.18 Å². The molecule has 3 aromatic rings. The predicted molar refractivity (Wildman–Crippen MR) is 96.0 cm³/mol. The number of hydrogen-bond donors (Lipinski definition) is 3. The van der Waals surface area contributed by atoms with Gasteiger partial charge in [0.05, 0.1) is 17.5 Å². The van der Waals surface area contributed by atoms with Crippen molar-refractivity contribution in [3.63, 3.8) is 0 Å². The van der Waals surface area contributed by atoms with Crippen LogP contribution in [0, 0.1) is 5.82 Å². The minimum atomic E-state index is -0.465. The van der Waals surface area contributed by atoms with Crippen LogP contribution in [0.25, 0.3) is 11.0 Å². The smallest absolute Gasteiger partial charge is 0.266 e. The average Bonchev–Trinajstić information content (AvgIpc) is 3.08. The van der Waals surface area contributed by atoms with E-state index in [1.807, 2.05) is 0 Å². The van der Waals surface area contributed by atoms with Gasteiger partial charge in [-0.05, 0) is 31.0 Å². The average molecular weight is 371 g/mol. The molecule has 2 aromatic heterocycles. The van der Waals surface area contributed by atoms with E-state index in [9.17, 15) is 18.8 Å². The summed E-state index contributed by atoms with van der Waals surface area (Å²) in [5, 5.41) is 4.40. The molecule has 1 saturated heterocycles. The molecule has 1 fully saturated rings. The van der Waals surface area contributed by atoms with Gasteiger partial charge in [-0.1, -0.05) is 0 Å². The van der Waals surface area contributed by atoms with Gasteiger partial charge in [-0.25, -0.2) is 9.37 Å². The molecule has 1 aromatic carbocycles. The predicted octanol–water partition coefficient (Wildman–Crippen LogP) is 1.03. The Morgan fingerprint density at radius 3 is 2.74 bits per heavy atom. The van der Waals surface area contributed by atoms with Crippen LogP contribution in [0.5, 0.6) is 0 Å². The highest BCUT2D eigenvalue weighted by Gasteiger charge is 2.26. The molecule has 1 aliphatic rings. The van der Waals surface area contributed by atoms with Crippen molar-refractivity contribution >= 4 is 16.9 Å². The molecule has 3 heterocycles. The Morgan fingerprint density at radius 1 is 1.19 bits per heavy atom. The molecule has 0 unspecified atom stereocenters. The van der Waals surface area contributed by atoms with Crippen LogP contribution in [0.3, 0.4) is 0 Å². The molecule has 0 atom stereocenters. The number of H-pyrrole nitrogens is 3. The fraction of sp³-hybridized carbons (Fsp3) is 0.333. The Bertz CT molecular complexity index is 1110. The van der Waals surface area contributed by atoms with Crippen LogP contribution in [0.15, 0.2) is 33.9 Å². The van der Waals surface area contributed by atoms with E-state index in [4.69, 9.17) is 0 Å². The first-order valence-corrected chi connectivity index (χ1v) is 8.73. The molecule has 27 heavy (non-hydrogen) atoms. The van der Waals surface area contributed by atoms with Crippen molar-refractivity contribution in [2.24, 2.45) is 0 Å². The summed E-state index contributed by atoms with van der Waals surface area (Å²) in [5.74, 6) is 0.463. The maximum atomic E-state index is 13.3. The molecule has 9 heteroatoms. The Kier molecular flexibility index (Phi) is 4.35. The third-order valence-electron chi connectivity index (χ3n) is 4.93. The maximum absolute atomic E-state index is 13.3. The number of carbonyl (C=O) groups excluding carboxylic acids is 1. The zero-order valence-electron chi connectivity index (χ0n) is 14.4. The molecule has 0 spiro atoms. The number of nitrogens with zero attached hydrogens (tertiary/aromatic N) is 2. The molecule has 0 bridgehead atoms. The van der Waals surface area contributed by atoms with Gasteiger partial charge in [0, 0.05) is 30.6 Å². The number of carbonyl (C=O) groups is 1. The van der Waals surface area contributed by atoms with Crippen molar-refractivity contribution in [3.8, 4) is 0 Å². The number of imidazole rings is 1. The van der Waals surface area contributed by atoms with Gasteiger partial charge in [0.1, 0.15) is 11.6 Å². The molecule has 0 aliphatic carbocycles. The van der Waals surface area contributed by atoms with Crippen LogP contribution >= 0.6 is 0 Å². The lowest BCUT2D eigenvalue weighted by Crippen LogP contribution is -2.40. The van der Waals surface area contributed by atoms with Gasteiger partial charge in [-0.3, -0.25) is 24.6 Å². The standard InChI is InChI=1S/C18H18FN5O3/c19-12-1-2-13-14(9-12)21-17(20-13)10-3-5-24(6-4-10)16(26)8-11-7-15(25)22-23-18(11)27/h1-2,7,9-10H,3-6,8H2,(H,20,21)(H,22,25)(H,23,27). The fourth-order valence-corrected chi connectivity index (χ4v) is 3.46. The first kappa shape index (κ1) is 17.2. The second kappa shape index (κ2) is 6.82. The molecule has 8 nitrogen and oxygen atoms in total. The number of piperidine rings is 1. The van der Waals surface area contributed by atoms with Gasteiger partial charge in [0.2, 0.25) is 5.91 Å². The molecule has 140 valence electrons. The fourth-order valence-electron chi connectivity index (χ4n) is 3.46. The van der Waals surface area contributed by atoms with Crippen LogP contribution in [-0.4, -0.2) is 44.1 Å². The molecular formula is C18H18FN5O3. The van der Waals surface area contributed by atoms with Crippen molar-refractivity contribution in [1.29, 1.82) is 0 Å². The molecular weight excluding hydrogens is 353 g/mol. The van der Waals surface area contributed by atoms with Crippen molar-refractivity contribution in [1.82, 2.24) is 25.1 Å². The summed E-state index contributed by atoms with van der Waals surface area (Å²) in [6.07, 6.45) is 1.34. The number of likely N-dealkylation sites (tertiary alicyclic amines) is 1. The number of rotatable bonds is 3. The minimum absolute atomic E-state index is 0.103. The van der Waals surface area contributed by atoms with E-state index < -0.39 is 11.1 Å². The highest BCUT2D eigenvalue weighted by atomic mass is 19.1. The first-order valence-electron chi connectivity index (χ1n) is 8.73. The zero-order chi connectivity index (χ0) is 19.0. The lowest BCUT2D eigenvalue weighted by Gasteiger charge is -2.31. The van der Waals surface area contributed by atoms with Crippen LogP contribution in [0.1, 0.15) is 30.1 Å². The summed E-state index contributed by atoms with van der Waals surface area (Å²) >= 11 is 0. The summed E-state index contributed by atoms with van der Waals surface area (Å²) in [5.41, 5.74) is 0.630. The van der Waals surface area contributed by atoms with Crippen molar-refractivity contribution in [2.75, 3.05) is 13.1 Å². The lowest BCUT2D eigenvalue weighted by molar-refractivity contribution is -0.131. The quantitative estimate of drug-likeness (QED) is 0.638. The summed E-state index contributed by atoms with van der Waals surface area (Å²) in [7, 11) is 0. The van der Waals surface area contributed by atoms with Gasteiger partial charge in [-0.2, -0.15) is 0 Å². The maximum Gasteiger partial charge on any atom is 0.266 e. The minimum Gasteiger partial charge on any atom is -0.342 e. The van der Waals surface area contributed by atoms with E-state index >= 15 is 0 Å². The van der Waals surface area contributed by atoms with E-state index in [0.29, 0.717) is 18.6 Å². The van der Waals surface area contributed by atoms with Crippen LogP contribution in [-0.2, 0) is 11.2 Å². The Balaban J connectivity index is 1.42. The number of nitrogens with one attached hydrogen (secondary N) is 3. The molecule has 1 aliphatic heterocycles. The van der Waals surface area contributed by atoms with E-state index in [1.54, 1.807) is 11.0 Å². The zero-order valence-corrected chi connectivity index (χ0v) is 14.4. The second-order valence-corrected chi connectivity index (χ2v) is 6.73. The SMILES string of the molecule is O=C(Cc1cc(=O)[nH][nH]c1=O)N1CCC(c2nc3ccc(F)cc3[nH]2)CC1. The molecule has 3 N–H and O–H groups in total. The van der Waals surface area contributed by atoms with E-state index in [2.05, 4.69) is 20.2 Å². The number of benzene rings is 1. The van der Waals surface area contributed by atoms with Gasteiger partial charge in [-0.15, -0.1) is 0 Å². The highest BCUT2D eigenvalue weighted by Crippen LogP contribution is 2.28. The molecule has 4 rings (SSSR count).